The van der Waals surface area contributed by atoms with Crippen LogP contribution >= 0.6 is 12.2 Å². The smallest absolute Gasteiger partial charge is 0.169 e. The van der Waals surface area contributed by atoms with Crippen LogP contribution in [0.2, 0.25) is 0 Å². The van der Waals surface area contributed by atoms with Crippen molar-refractivity contribution < 1.29 is 4.74 Å². The van der Waals surface area contributed by atoms with Gasteiger partial charge in [-0.25, -0.2) is 0 Å². The van der Waals surface area contributed by atoms with Gasteiger partial charge in [-0.1, -0.05) is 64.7 Å². The van der Waals surface area contributed by atoms with Gasteiger partial charge in [-0.3, -0.25) is 9.88 Å². The van der Waals surface area contributed by atoms with Crippen molar-refractivity contribution in [3.8, 4) is 0 Å². The van der Waals surface area contributed by atoms with Crippen LogP contribution in [0, 0.1) is 0 Å². The van der Waals surface area contributed by atoms with Gasteiger partial charge in [0.15, 0.2) is 5.11 Å². The maximum absolute atomic E-state index is 5.77. The molecule has 1 N–H and O–H groups in total. The minimum absolute atomic E-state index is 0.830. The molecule has 2 heterocycles. The van der Waals surface area contributed by atoms with E-state index in [-0.39, 0.29) is 0 Å². The summed E-state index contributed by atoms with van der Waals surface area (Å²) in [7, 11) is 0. The molecule has 2 rings (SSSR count). The lowest BCUT2D eigenvalue weighted by atomic mass is 10.1. The van der Waals surface area contributed by atoms with Gasteiger partial charge >= 0.3 is 0 Å². The normalized spacial score (nSPS) is 14.5. The average Bonchev–Trinajstić information content (AvgIpc) is 2.81. The first-order valence-electron chi connectivity index (χ1n) is 12.5. The van der Waals surface area contributed by atoms with E-state index in [9.17, 15) is 0 Å². The van der Waals surface area contributed by atoms with E-state index in [2.05, 4.69) is 39.2 Å². The van der Waals surface area contributed by atoms with Crippen LogP contribution < -0.4 is 5.32 Å². The van der Waals surface area contributed by atoms with E-state index >= 15 is 0 Å². The first-order valence-corrected chi connectivity index (χ1v) is 12.9. The van der Waals surface area contributed by atoms with Crippen molar-refractivity contribution in [1.82, 2.24) is 20.1 Å². The Kier molecular flexibility index (Phi) is 14.5. The number of rotatable bonds is 16. The third-order valence-electron chi connectivity index (χ3n) is 6.01. The van der Waals surface area contributed by atoms with Gasteiger partial charge in [0.2, 0.25) is 0 Å². The van der Waals surface area contributed by atoms with E-state index in [1.807, 2.05) is 12.4 Å². The molecule has 0 spiro atoms. The highest BCUT2D eigenvalue weighted by atomic mass is 32.1. The van der Waals surface area contributed by atoms with Crippen LogP contribution in [0.5, 0.6) is 0 Å². The Balaban J connectivity index is 1.62. The second-order valence-electron chi connectivity index (χ2n) is 8.64. The highest BCUT2D eigenvalue weighted by Crippen LogP contribution is 2.10. The number of hydrogen-bond donors (Lipinski definition) is 1. The molecule has 6 heteroatoms. The van der Waals surface area contributed by atoms with Gasteiger partial charge in [0.25, 0.3) is 0 Å². The fourth-order valence-corrected chi connectivity index (χ4v) is 4.23. The molecule has 0 radical (unpaired) electrons. The van der Waals surface area contributed by atoms with Crippen LogP contribution in [-0.4, -0.2) is 65.8 Å². The van der Waals surface area contributed by atoms with Gasteiger partial charge in [0, 0.05) is 51.7 Å². The summed E-state index contributed by atoms with van der Waals surface area (Å²) in [5.74, 6) is 0. The molecule has 0 aromatic carbocycles. The summed E-state index contributed by atoms with van der Waals surface area (Å²) in [6.07, 6.45) is 17.3. The van der Waals surface area contributed by atoms with Gasteiger partial charge in [0.1, 0.15) is 0 Å². The summed E-state index contributed by atoms with van der Waals surface area (Å²) in [5.41, 5.74) is 1.25. The summed E-state index contributed by atoms with van der Waals surface area (Å²) >= 11 is 5.77. The number of ether oxygens (including phenoxy) is 1. The van der Waals surface area contributed by atoms with E-state index < -0.39 is 0 Å². The molecule has 176 valence electrons. The summed E-state index contributed by atoms with van der Waals surface area (Å²) in [4.78, 5) is 8.91. The largest absolute Gasteiger partial charge is 0.379 e. The Morgan fingerprint density at radius 1 is 1.00 bits per heavy atom. The molecule has 5 nitrogen and oxygen atoms in total. The van der Waals surface area contributed by atoms with Crippen molar-refractivity contribution in [2.45, 2.75) is 77.7 Å². The molecule has 1 saturated heterocycles. The number of nitrogens with one attached hydrogen (secondary N) is 1. The summed E-state index contributed by atoms with van der Waals surface area (Å²) < 4.78 is 5.47. The lowest BCUT2D eigenvalue weighted by Crippen LogP contribution is -2.45. The molecule has 0 unspecified atom stereocenters. The van der Waals surface area contributed by atoms with Crippen LogP contribution in [0.25, 0.3) is 0 Å². The highest BCUT2D eigenvalue weighted by Gasteiger charge is 2.15. The van der Waals surface area contributed by atoms with Crippen molar-refractivity contribution in [1.29, 1.82) is 0 Å². The molecular weight excluding hydrogens is 404 g/mol. The molecule has 31 heavy (non-hydrogen) atoms. The minimum atomic E-state index is 0.830. The average molecular weight is 449 g/mol. The van der Waals surface area contributed by atoms with Gasteiger partial charge in [-0.2, -0.15) is 0 Å². The first kappa shape index (κ1) is 26.0. The van der Waals surface area contributed by atoms with Gasteiger partial charge in [-0.05, 0) is 36.3 Å². The zero-order chi connectivity index (χ0) is 22.0. The first-order chi connectivity index (χ1) is 15.3. The van der Waals surface area contributed by atoms with E-state index in [4.69, 9.17) is 17.0 Å². The second kappa shape index (κ2) is 17.3. The Labute approximate surface area is 195 Å². The molecule has 1 aliphatic rings. The fraction of sp³-hybridized carbons (Fsp3) is 0.760. The fourth-order valence-electron chi connectivity index (χ4n) is 3.97. The van der Waals surface area contributed by atoms with Crippen LogP contribution in [-0.2, 0) is 11.3 Å². The van der Waals surface area contributed by atoms with Crippen molar-refractivity contribution in [2.24, 2.45) is 0 Å². The maximum Gasteiger partial charge on any atom is 0.169 e. The SMILES string of the molecule is CCCCCCCCCCCCNC(=S)N(CCN1CCOCC1)Cc1ccncc1. The number of pyridine rings is 1. The number of hydrogen-bond acceptors (Lipinski definition) is 4. The molecule has 0 atom stereocenters. The number of unbranched alkanes of at least 4 members (excludes halogenated alkanes) is 9. The zero-order valence-corrected chi connectivity index (χ0v) is 20.5. The van der Waals surface area contributed by atoms with Crippen LogP contribution in [0.3, 0.4) is 0 Å². The second-order valence-corrected chi connectivity index (χ2v) is 9.03. The van der Waals surface area contributed by atoms with E-state index in [0.29, 0.717) is 0 Å². The Morgan fingerprint density at radius 3 is 2.26 bits per heavy atom. The molecule has 1 aromatic rings. The Bertz CT molecular complexity index is 566. The van der Waals surface area contributed by atoms with Crippen LogP contribution in [0.15, 0.2) is 24.5 Å². The highest BCUT2D eigenvalue weighted by molar-refractivity contribution is 7.80. The molecule has 1 aliphatic heterocycles. The summed E-state index contributed by atoms with van der Waals surface area (Å²) in [5, 5.41) is 4.39. The number of morpholine rings is 1. The van der Waals surface area contributed by atoms with Crippen LogP contribution in [0.1, 0.15) is 76.7 Å². The lowest BCUT2D eigenvalue weighted by Gasteiger charge is -2.31. The van der Waals surface area contributed by atoms with E-state index in [1.165, 1.54) is 69.8 Å². The van der Waals surface area contributed by atoms with Crippen molar-refractivity contribution in [2.75, 3.05) is 45.9 Å². The molecular formula is C25H44N4OS. The quantitative estimate of drug-likeness (QED) is 0.283. The Hall–Kier alpha value is -1.24. The molecule has 1 aromatic heterocycles. The third-order valence-corrected chi connectivity index (χ3v) is 6.41. The summed E-state index contributed by atoms with van der Waals surface area (Å²) in [6.45, 7) is 9.75. The predicted octanol–water partition coefficient (Wildman–Crippen LogP) is 5.01. The van der Waals surface area contributed by atoms with Crippen molar-refractivity contribution in [3.63, 3.8) is 0 Å². The molecule has 1 fully saturated rings. The number of thiocarbonyl (C=S) groups is 1. The number of nitrogens with zero attached hydrogens (tertiary/aromatic N) is 3. The standard InChI is InChI=1S/C25H44N4OS/c1-2-3-4-5-6-7-8-9-10-11-14-27-25(31)29(23-24-12-15-26-16-13-24)18-17-28-19-21-30-22-20-28/h12-13,15-16H,2-11,14,17-23H2,1H3,(H,27,31). The Morgan fingerprint density at radius 2 is 1.61 bits per heavy atom. The minimum Gasteiger partial charge on any atom is -0.379 e. The maximum atomic E-state index is 5.77. The third kappa shape index (κ3) is 12.4. The molecule has 0 amide bonds. The molecule has 0 saturated carbocycles. The van der Waals surface area contributed by atoms with Gasteiger partial charge in [-0.15, -0.1) is 0 Å². The summed E-state index contributed by atoms with van der Waals surface area (Å²) in [6, 6.07) is 4.15. The van der Waals surface area contributed by atoms with Crippen LogP contribution in [0.4, 0.5) is 0 Å². The monoisotopic (exact) mass is 448 g/mol. The van der Waals surface area contributed by atoms with Crippen molar-refractivity contribution in [3.05, 3.63) is 30.1 Å². The van der Waals surface area contributed by atoms with Gasteiger partial charge in [0.05, 0.1) is 13.2 Å². The zero-order valence-electron chi connectivity index (χ0n) is 19.7. The van der Waals surface area contributed by atoms with Gasteiger partial charge < -0.3 is 15.0 Å². The van der Waals surface area contributed by atoms with E-state index in [1.54, 1.807) is 0 Å². The molecule has 0 bridgehead atoms. The molecule has 0 aliphatic carbocycles. The topological polar surface area (TPSA) is 40.6 Å². The number of aromatic nitrogens is 1. The predicted molar refractivity (Wildman–Crippen MR) is 134 cm³/mol. The van der Waals surface area contributed by atoms with Crippen molar-refractivity contribution >= 4 is 17.3 Å². The van der Waals surface area contributed by atoms with E-state index in [0.717, 1.165) is 57.6 Å². The lowest BCUT2D eigenvalue weighted by molar-refractivity contribution is 0.0357.